The average Bonchev–Trinajstić information content (AvgIpc) is 2.85. The van der Waals surface area contributed by atoms with Crippen molar-refractivity contribution in [1.82, 2.24) is 0 Å². The van der Waals surface area contributed by atoms with E-state index in [2.05, 4.69) is 0 Å². The summed E-state index contributed by atoms with van der Waals surface area (Å²) < 4.78 is 10.1. The quantitative estimate of drug-likeness (QED) is 0.795. The monoisotopic (exact) mass is 231 g/mol. The number of rotatable bonds is 4. The highest BCUT2D eigenvalue weighted by Crippen LogP contribution is 2.30. The summed E-state index contributed by atoms with van der Waals surface area (Å²) in [7, 11) is 1.50. The number of ether oxygens (including phenoxy) is 1. The highest BCUT2D eigenvalue weighted by Gasteiger charge is 2.11. The maximum Gasteiger partial charge on any atom is 0.161 e. The first-order valence-corrected chi connectivity index (χ1v) is 5.18. The van der Waals surface area contributed by atoms with Crippen molar-refractivity contribution < 1.29 is 14.3 Å². The van der Waals surface area contributed by atoms with Crippen molar-refractivity contribution in [3.8, 4) is 11.5 Å². The number of methoxy groups -OCH3 is 1. The second-order valence-corrected chi connectivity index (χ2v) is 3.60. The predicted octanol–water partition coefficient (Wildman–Crippen LogP) is 2.60. The van der Waals surface area contributed by atoms with Crippen LogP contribution in [0.2, 0.25) is 0 Å². The molecule has 88 valence electrons. The van der Waals surface area contributed by atoms with Crippen LogP contribution < -0.4 is 4.74 Å². The number of furan rings is 1. The third kappa shape index (κ3) is 2.30. The number of phenols is 1. The minimum atomic E-state index is 0.0753. The maximum absolute atomic E-state index is 9.88. The zero-order valence-corrected chi connectivity index (χ0v) is 9.43. The van der Waals surface area contributed by atoms with Crippen molar-refractivity contribution in [2.24, 2.45) is 0 Å². The highest BCUT2D eigenvalue weighted by atomic mass is 16.5. The van der Waals surface area contributed by atoms with E-state index < -0.39 is 0 Å². The molecule has 0 amide bonds. The smallest absolute Gasteiger partial charge is 0.161 e. The Bertz CT molecular complexity index is 517. The maximum atomic E-state index is 9.88. The van der Waals surface area contributed by atoms with Crippen LogP contribution in [0.1, 0.15) is 11.3 Å². The second kappa shape index (κ2) is 4.74. The van der Waals surface area contributed by atoms with E-state index in [1.807, 2.05) is 0 Å². The van der Waals surface area contributed by atoms with Crippen LogP contribution in [0.15, 0.2) is 41.0 Å². The standard InChI is InChI=1S/C13H13NO3/c1-16-12-5-2-4-9(13(12)15)8-10(14)11-6-3-7-17-11/h2-7,14-15H,8H2,1H3. The van der Waals surface area contributed by atoms with Crippen LogP contribution in [0, 0.1) is 5.41 Å². The first-order chi connectivity index (χ1) is 8.22. The molecule has 2 rings (SSSR count). The fraction of sp³-hybridized carbons (Fsp3) is 0.154. The molecular formula is C13H13NO3. The summed E-state index contributed by atoms with van der Waals surface area (Å²) in [6.07, 6.45) is 1.83. The second-order valence-electron chi connectivity index (χ2n) is 3.60. The Morgan fingerprint density at radius 3 is 2.82 bits per heavy atom. The van der Waals surface area contributed by atoms with Gasteiger partial charge in [-0.25, -0.2) is 0 Å². The van der Waals surface area contributed by atoms with E-state index >= 15 is 0 Å². The summed E-state index contributed by atoms with van der Waals surface area (Å²) >= 11 is 0. The molecule has 2 N–H and O–H groups in total. The van der Waals surface area contributed by atoms with E-state index in [0.717, 1.165) is 0 Å². The van der Waals surface area contributed by atoms with Gasteiger partial charge in [-0.15, -0.1) is 0 Å². The van der Waals surface area contributed by atoms with Crippen LogP contribution >= 0.6 is 0 Å². The van der Waals surface area contributed by atoms with Gasteiger partial charge in [-0.1, -0.05) is 12.1 Å². The normalized spacial score (nSPS) is 10.2. The number of para-hydroxylation sites is 1. The zero-order chi connectivity index (χ0) is 12.3. The van der Waals surface area contributed by atoms with Crippen LogP contribution in [0.3, 0.4) is 0 Å². The van der Waals surface area contributed by atoms with Gasteiger partial charge >= 0.3 is 0 Å². The summed E-state index contributed by atoms with van der Waals surface area (Å²) in [6, 6.07) is 8.67. The van der Waals surface area contributed by atoms with Crippen LogP contribution in [-0.2, 0) is 6.42 Å². The van der Waals surface area contributed by atoms with Crippen LogP contribution in [-0.4, -0.2) is 17.9 Å². The lowest BCUT2D eigenvalue weighted by Gasteiger charge is -2.08. The van der Waals surface area contributed by atoms with Crippen LogP contribution in [0.25, 0.3) is 0 Å². The molecule has 0 bridgehead atoms. The van der Waals surface area contributed by atoms with Gasteiger partial charge in [-0.2, -0.15) is 0 Å². The molecule has 4 nitrogen and oxygen atoms in total. The van der Waals surface area contributed by atoms with Gasteiger partial charge in [0, 0.05) is 12.0 Å². The van der Waals surface area contributed by atoms with Gasteiger partial charge in [0.2, 0.25) is 0 Å². The molecule has 1 heterocycles. The highest BCUT2D eigenvalue weighted by molar-refractivity contribution is 5.97. The topological polar surface area (TPSA) is 66.5 Å². The average molecular weight is 231 g/mol. The minimum absolute atomic E-state index is 0.0753. The molecule has 0 fully saturated rings. The Hall–Kier alpha value is -2.23. The van der Waals surface area contributed by atoms with Gasteiger partial charge in [-0.3, -0.25) is 0 Å². The molecule has 0 unspecified atom stereocenters. The molecule has 1 aromatic heterocycles. The fourth-order valence-corrected chi connectivity index (χ4v) is 1.60. The molecule has 4 heteroatoms. The first-order valence-electron chi connectivity index (χ1n) is 5.18. The molecule has 2 aromatic rings. The van der Waals surface area contributed by atoms with E-state index in [9.17, 15) is 5.11 Å². The molecule has 0 aliphatic heterocycles. The van der Waals surface area contributed by atoms with Crippen molar-refractivity contribution in [3.63, 3.8) is 0 Å². The molecule has 0 atom stereocenters. The van der Waals surface area contributed by atoms with E-state index in [4.69, 9.17) is 14.6 Å². The Morgan fingerprint density at radius 1 is 1.35 bits per heavy atom. The molecule has 0 saturated heterocycles. The van der Waals surface area contributed by atoms with Gasteiger partial charge in [0.25, 0.3) is 0 Å². The predicted molar refractivity (Wildman–Crippen MR) is 63.9 cm³/mol. The lowest BCUT2D eigenvalue weighted by Crippen LogP contribution is -2.02. The van der Waals surface area contributed by atoms with E-state index in [-0.39, 0.29) is 5.75 Å². The largest absolute Gasteiger partial charge is 0.504 e. The molecule has 0 spiro atoms. The van der Waals surface area contributed by atoms with Crippen molar-refractivity contribution in [1.29, 1.82) is 5.41 Å². The van der Waals surface area contributed by atoms with Gasteiger partial charge in [0.15, 0.2) is 11.5 Å². The van der Waals surface area contributed by atoms with Gasteiger partial charge in [0.05, 0.1) is 19.1 Å². The van der Waals surface area contributed by atoms with Crippen LogP contribution in [0.5, 0.6) is 11.5 Å². The molecule has 0 radical (unpaired) electrons. The number of phenolic OH excluding ortho intramolecular Hbond substituents is 1. The van der Waals surface area contributed by atoms with Gasteiger partial charge < -0.3 is 19.7 Å². The minimum Gasteiger partial charge on any atom is -0.504 e. The molecule has 0 aliphatic rings. The lowest BCUT2D eigenvalue weighted by molar-refractivity contribution is 0.371. The summed E-state index contributed by atoms with van der Waals surface area (Å²) in [5.74, 6) is 0.994. The molecular weight excluding hydrogens is 218 g/mol. The van der Waals surface area contributed by atoms with Gasteiger partial charge in [-0.05, 0) is 18.2 Å². The van der Waals surface area contributed by atoms with Crippen molar-refractivity contribution in [3.05, 3.63) is 47.9 Å². The van der Waals surface area contributed by atoms with Crippen molar-refractivity contribution in [2.45, 2.75) is 6.42 Å². The molecule has 0 aliphatic carbocycles. The number of benzene rings is 1. The first kappa shape index (κ1) is 11.3. The summed E-state index contributed by atoms with van der Waals surface area (Å²) in [5.41, 5.74) is 0.962. The number of hydrogen-bond acceptors (Lipinski definition) is 4. The third-order valence-electron chi connectivity index (χ3n) is 2.49. The summed E-state index contributed by atoms with van der Waals surface area (Å²) in [6.45, 7) is 0. The third-order valence-corrected chi connectivity index (χ3v) is 2.49. The Morgan fingerprint density at radius 2 is 2.18 bits per heavy atom. The Balaban J connectivity index is 2.22. The zero-order valence-electron chi connectivity index (χ0n) is 9.43. The van der Waals surface area contributed by atoms with Crippen LogP contribution in [0.4, 0.5) is 0 Å². The molecule has 17 heavy (non-hydrogen) atoms. The van der Waals surface area contributed by atoms with E-state index in [0.29, 0.717) is 29.2 Å². The van der Waals surface area contributed by atoms with Gasteiger partial charge in [0.1, 0.15) is 5.76 Å². The van der Waals surface area contributed by atoms with E-state index in [1.165, 1.54) is 13.4 Å². The Kier molecular flexibility index (Phi) is 3.14. The van der Waals surface area contributed by atoms with E-state index in [1.54, 1.807) is 30.3 Å². The SMILES string of the molecule is COc1cccc(CC(=N)c2ccco2)c1O. The number of hydrogen-bond donors (Lipinski definition) is 2. The summed E-state index contributed by atoms with van der Waals surface area (Å²) in [5, 5.41) is 17.7. The molecule has 1 aromatic carbocycles. The Labute approximate surface area is 99.0 Å². The lowest BCUT2D eigenvalue weighted by atomic mass is 10.1. The number of nitrogens with one attached hydrogen (secondary N) is 1. The van der Waals surface area contributed by atoms with Crippen molar-refractivity contribution in [2.75, 3.05) is 7.11 Å². The molecule has 0 saturated carbocycles. The summed E-state index contributed by atoms with van der Waals surface area (Å²) in [4.78, 5) is 0. The van der Waals surface area contributed by atoms with Crippen molar-refractivity contribution >= 4 is 5.71 Å². The number of aromatic hydroxyl groups is 1. The fourth-order valence-electron chi connectivity index (χ4n) is 1.60.